The van der Waals surface area contributed by atoms with E-state index in [4.69, 9.17) is 15.0 Å². The van der Waals surface area contributed by atoms with E-state index in [0.29, 0.717) is 25.2 Å². The van der Waals surface area contributed by atoms with Crippen LogP contribution in [0.3, 0.4) is 0 Å². The van der Waals surface area contributed by atoms with E-state index in [0.717, 1.165) is 29.5 Å². The molecule has 1 aliphatic heterocycles. The van der Waals surface area contributed by atoms with Crippen LogP contribution >= 0.6 is 11.3 Å². The number of nitriles is 1. The summed E-state index contributed by atoms with van der Waals surface area (Å²) in [5, 5.41) is 17.0. The summed E-state index contributed by atoms with van der Waals surface area (Å²) < 4.78 is 5.39. The molecule has 2 amide bonds. The molecule has 1 fully saturated rings. The highest BCUT2D eigenvalue weighted by atomic mass is 32.1. The zero-order valence-electron chi connectivity index (χ0n) is 17.8. The summed E-state index contributed by atoms with van der Waals surface area (Å²) in [4.78, 5) is 31.9. The molecular formula is C22H27N5O3S. The Morgan fingerprint density at radius 2 is 1.97 bits per heavy atom. The lowest BCUT2D eigenvalue weighted by Crippen LogP contribution is -2.47. The number of aromatic nitrogens is 1. The molecule has 1 saturated heterocycles. The lowest BCUT2D eigenvalue weighted by molar-refractivity contribution is -0.123. The number of nitrogens with zero attached hydrogens (tertiary/aromatic N) is 3. The van der Waals surface area contributed by atoms with Crippen LogP contribution in [-0.4, -0.2) is 55.7 Å². The van der Waals surface area contributed by atoms with Crippen molar-refractivity contribution in [2.75, 3.05) is 37.7 Å². The first kappa shape index (κ1) is 22.7. The zero-order chi connectivity index (χ0) is 22.2. The van der Waals surface area contributed by atoms with Crippen LogP contribution in [0.25, 0.3) is 11.3 Å². The Kier molecular flexibility index (Phi) is 7.98. The maximum absolute atomic E-state index is 12.7. The molecule has 0 bridgehead atoms. The number of rotatable bonds is 8. The number of anilines is 1. The number of amides is 2. The first-order valence-corrected chi connectivity index (χ1v) is 11.2. The standard InChI is InChI=1S/C22H27N5O3S/c1-15(2)13-18(21(29)24-8-7-23)25-20(28)17-5-3-16(4-6-17)19-14-31-22(26-19)27-9-11-30-12-10-27/h3-6,14-15,18H,8-13H2,1-2H3,(H,24,29)(H,25,28)/t18-/m0/s1. The summed E-state index contributed by atoms with van der Waals surface area (Å²) in [5.41, 5.74) is 2.26. The van der Waals surface area contributed by atoms with Gasteiger partial charge in [0.1, 0.15) is 12.6 Å². The van der Waals surface area contributed by atoms with Crippen LogP contribution < -0.4 is 15.5 Å². The van der Waals surface area contributed by atoms with Crippen molar-refractivity contribution in [2.45, 2.75) is 26.3 Å². The fraction of sp³-hybridized carbons (Fsp3) is 0.455. The lowest BCUT2D eigenvalue weighted by Gasteiger charge is -2.26. The number of nitrogens with one attached hydrogen (secondary N) is 2. The van der Waals surface area contributed by atoms with E-state index in [1.165, 1.54) is 0 Å². The van der Waals surface area contributed by atoms with Crippen molar-refractivity contribution < 1.29 is 14.3 Å². The van der Waals surface area contributed by atoms with Gasteiger partial charge in [0, 0.05) is 29.6 Å². The van der Waals surface area contributed by atoms with E-state index in [2.05, 4.69) is 15.5 Å². The third-order valence-electron chi connectivity index (χ3n) is 4.89. The second kappa shape index (κ2) is 10.9. The Hall–Kier alpha value is -2.96. The van der Waals surface area contributed by atoms with Gasteiger partial charge >= 0.3 is 0 Å². The smallest absolute Gasteiger partial charge is 0.251 e. The van der Waals surface area contributed by atoms with Crippen LogP contribution in [0, 0.1) is 17.2 Å². The number of ether oxygens (including phenoxy) is 1. The Labute approximate surface area is 186 Å². The summed E-state index contributed by atoms with van der Waals surface area (Å²) in [5.74, 6) is -0.458. The van der Waals surface area contributed by atoms with Gasteiger partial charge in [0.05, 0.1) is 25.0 Å². The highest BCUT2D eigenvalue weighted by Crippen LogP contribution is 2.28. The molecule has 0 aliphatic carbocycles. The minimum absolute atomic E-state index is 0.0852. The van der Waals surface area contributed by atoms with Gasteiger partial charge < -0.3 is 20.3 Å². The predicted octanol–water partition coefficient (Wildman–Crippen LogP) is 2.43. The average Bonchev–Trinajstić information content (AvgIpc) is 3.27. The number of hydrogen-bond donors (Lipinski definition) is 2. The lowest BCUT2D eigenvalue weighted by atomic mass is 10.0. The number of morpholine rings is 1. The molecule has 0 spiro atoms. The third kappa shape index (κ3) is 6.26. The number of thiazole rings is 1. The van der Waals surface area contributed by atoms with Crippen LogP contribution in [0.2, 0.25) is 0 Å². The fourth-order valence-corrected chi connectivity index (χ4v) is 4.17. The average molecular weight is 442 g/mol. The number of carbonyl (C=O) groups is 2. The molecular weight excluding hydrogens is 414 g/mol. The highest BCUT2D eigenvalue weighted by molar-refractivity contribution is 7.14. The largest absolute Gasteiger partial charge is 0.378 e. The molecule has 0 radical (unpaired) electrons. The molecule has 0 saturated carbocycles. The molecule has 9 heteroatoms. The summed E-state index contributed by atoms with van der Waals surface area (Å²) in [6.07, 6.45) is 0.490. The zero-order valence-corrected chi connectivity index (χ0v) is 18.6. The monoisotopic (exact) mass is 441 g/mol. The van der Waals surface area contributed by atoms with E-state index in [9.17, 15) is 9.59 Å². The second-order valence-electron chi connectivity index (χ2n) is 7.72. The molecule has 8 nitrogen and oxygen atoms in total. The number of hydrogen-bond acceptors (Lipinski definition) is 7. The Morgan fingerprint density at radius 1 is 1.26 bits per heavy atom. The van der Waals surface area contributed by atoms with Crippen molar-refractivity contribution in [1.29, 1.82) is 5.26 Å². The van der Waals surface area contributed by atoms with E-state index >= 15 is 0 Å². The topological polar surface area (TPSA) is 107 Å². The van der Waals surface area contributed by atoms with Crippen molar-refractivity contribution in [3.8, 4) is 17.3 Å². The second-order valence-corrected chi connectivity index (χ2v) is 8.56. The molecule has 2 aromatic rings. The molecule has 1 aromatic carbocycles. The van der Waals surface area contributed by atoms with Gasteiger partial charge in [-0.05, 0) is 24.5 Å². The quantitative estimate of drug-likeness (QED) is 0.609. The van der Waals surface area contributed by atoms with Gasteiger partial charge in [0.25, 0.3) is 5.91 Å². The van der Waals surface area contributed by atoms with Gasteiger partial charge in [-0.1, -0.05) is 26.0 Å². The summed E-state index contributed by atoms with van der Waals surface area (Å²) in [6.45, 7) is 6.97. The van der Waals surface area contributed by atoms with Crippen molar-refractivity contribution in [2.24, 2.45) is 5.92 Å². The minimum Gasteiger partial charge on any atom is -0.378 e. The summed E-state index contributed by atoms with van der Waals surface area (Å²) >= 11 is 1.60. The minimum atomic E-state index is -0.685. The van der Waals surface area contributed by atoms with E-state index in [-0.39, 0.29) is 24.3 Å². The van der Waals surface area contributed by atoms with Crippen molar-refractivity contribution >= 4 is 28.3 Å². The number of carbonyl (C=O) groups excluding carboxylic acids is 2. The Bertz CT molecular complexity index is 929. The third-order valence-corrected chi connectivity index (χ3v) is 5.79. The van der Waals surface area contributed by atoms with Crippen LogP contribution in [0.4, 0.5) is 5.13 Å². The van der Waals surface area contributed by atoms with Crippen molar-refractivity contribution in [3.05, 3.63) is 35.2 Å². The maximum atomic E-state index is 12.7. The Morgan fingerprint density at radius 3 is 2.61 bits per heavy atom. The summed E-state index contributed by atoms with van der Waals surface area (Å²) in [6, 6.07) is 8.38. The van der Waals surface area contributed by atoms with E-state index < -0.39 is 6.04 Å². The van der Waals surface area contributed by atoms with Crippen LogP contribution in [-0.2, 0) is 9.53 Å². The first-order valence-electron chi connectivity index (χ1n) is 10.3. The van der Waals surface area contributed by atoms with Crippen LogP contribution in [0.1, 0.15) is 30.6 Å². The molecule has 2 N–H and O–H groups in total. The van der Waals surface area contributed by atoms with Gasteiger partial charge in [0.2, 0.25) is 5.91 Å². The molecule has 1 aliphatic rings. The molecule has 2 heterocycles. The first-order chi connectivity index (χ1) is 15.0. The molecule has 3 rings (SSSR count). The molecule has 164 valence electrons. The van der Waals surface area contributed by atoms with Gasteiger partial charge in [-0.2, -0.15) is 5.26 Å². The van der Waals surface area contributed by atoms with Crippen LogP contribution in [0.5, 0.6) is 0 Å². The molecule has 1 atom stereocenters. The summed E-state index contributed by atoms with van der Waals surface area (Å²) in [7, 11) is 0. The van der Waals surface area contributed by atoms with Gasteiger partial charge in [-0.25, -0.2) is 4.98 Å². The SMILES string of the molecule is CC(C)C[C@H](NC(=O)c1ccc(-c2csc(N3CCOCC3)n2)cc1)C(=O)NCC#N. The predicted molar refractivity (Wildman–Crippen MR) is 120 cm³/mol. The van der Waals surface area contributed by atoms with Crippen molar-refractivity contribution in [3.63, 3.8) is 0 Å². The van der Waals surface area contributed by atoms with Gasteiger partial charge in [0.15, 0.2) is 5.13 Å². The molecule has 31 heavy (non-hydrogen) atoms. The normalized spacial score (nSPS) is 14.7. The maximum Gasteiger partial charge on any atom is 0.251 e. The number of benzene rings is 1. The molecule has 0 unspecified atom stereocenters. The van der Waals surface area contributed by atoms with Gasteiger partial charge in [-0.15, -0.1) is 11.3 Å². The fourth-order valence-electron chi connectivity index (χ4n) is 3.28. The van der Waals surface area contributed by atoms with Gasteiger partial charge in [-0.3, -0.25) is 9.59 Å². The Balaban J connectivity index is 1.65. The molecule has 1 aromatic heterocycles. The van der Waals surface area contributed by atoms with E-state index in [1.54, 1.807) is 23.5 Å². The van der Waals surface area contributed by atoms with E-state index in [1.807, 2.05) is 37.4 Å². The highest BCUT2D eigenvalue weighted by Gasteiger charge is 2.22. The van der Waals surface area contributed by atoms with Crippen molar-refractivity contribution in [1.82, 2.24) is 15.6 Å². The van der Waals surface area contributed by atoms with Crippen LogP contribution in [0.15, 0.2) is 29.6 Å².